The van der Waals surface area contributed by atoms with Crippen LogP contribution in [0.2, 0.25) is 0 Å². The highest BCUT2D eigenvalue weighted by molar-refractivity contribution is 7.90. The lowest BCUT2D eigenvalue weighted by atomic mass is 9.99. The van der Waals surface area contributed by atoms with Crippen molar-refractivity contribution in [1.29, 1.82) is 0 Å². The van der Waals surface area contributed by atoms with Crippen molar-refractivity contribution in [3.8, 4) is 5.75 Å². The van der Waals surface area contributed by atoms with Crippen LogP contribution in [0.1, 0.15) is 23.2 Å². The number of carbonyl (C=O) groups is 1. The maximum Gasteiger partial charge on any atom is 0.257 e. The Kier molecular flexibility index (Phi) is 6.17. The minimum absolute atomic E-state index is 0.0520. The van der Waals surface area contributed by atoms with Crippen molar-refractivity contribution in [3.05, 3.63) is 29.6 Å². The number of sulfone groups is 1. The van der Waals surface area contributed by atoms with Crippen molar-refractivity contribution < 1.29 is 22.3 Å². The molecule has 0 unspecified atom stereocenters. The molecule has 0 saturated carbocycles. The Bertz CT molecular complexity index is 693. The van der Waals surface area contributed by atoms with E-state index in [9.17, 15) is 17.6 Å². The molecule has 24 heavy (non-hydrogen) atoms. The van der Waals surface area contributed by atoms with Gasteiger partial charge in [0.1, 0.15) is 28.0 Å². The number of hydrogen-bond donors (Lipinski definition) is 1. The topological polar surface area (TPSA) is 89.7 Å². The van der Waals surface area contributed by atoms with Gasteiger partial charge in [0.15, 0.2) is 0 Å². The van der Waals surface area contributed by atoms with Gasteiger partial charge >= 0.3 is 0 Å². The number of piperidine rings is 1. The van der Waals surface area contributed by atoms with Gasteiger partial charge in [-0.15, -0.1) is 0 Å². The Hall–Kier alpha value is -1.67. The van der Waals surface area contributed by atoms with E-state index in [4.69, 9.17) is 10.5 Å². The number of hydrogen-bond acceptors (Lipinski definition) is 5. The van der Waals surface area contributed by atoms with Gasteiger partial charge in [-0.2, -0.15) is 0 Å². The Morgan fingerprint density at radius 3 is 2.88 bits per heavy atom. The Morgan fingerprint density at radius 1 is 1.46 bits per heavy atom. The summed E-state index contributed by atoms with van der Waals surface area (Å²) in [5.41, 5.74) is 5.54. The van der Waals surface area contributed by atoms with Crippen LogP contribution < -0.4 is 10.5 Å². The fourth-order valence-electron chi connectivity index (χ4n) is 2.95. The molecule has 2 rings (SSSR count). The Labute approximate surface area is 141 Å². The average molecular weight is 358 g/mol. The smallest absolute Gasteiger partial charge is 0.257 e. The highest BCUT2D eigenvalue weighted by Crippen LogP contribution is 2.25. The molecule has 6 nitrogen and oxygen atoms in total. The molecule has 1 heterocycles. The SMILES string of the molecule is CS(=O)(=O)C[C@@H]1CCCN(C(=O)c2cc(F)ccc2OCCN)C1. The number of benzene rings is 1. The summed E-state index contributed by atoms with van der Waals surface area (Å²) >= 11 is 0. The van der Waals surface area contributed by atoms with E-state index in [1.54, 1.807) is 4.90 Å². The first kappa shape index (κ1) is 18.7. The average Bonchev–Trinajstić information content (AvgIpc) is 2.51. The van der Waals surface area contributed by atoms with Crippen molar-refractivity contribution in [1.82, 2.24) is 4.90 Å². The van der Waals surface area contributed by atoms with Crippen LogP contribution in [0.4, 0.5) is 4.39 Å². The lowest BCUT2D eigenvalue weighted by Crippen LogP contribution is -2.42. The van der Waals surface area contributed by atoms with Crippen molar-refractivity contribution in [2.75, 3.05) is 38.2 Å². The second kappa shape index (κ2) is 7.94. The number of nitrogens with zero attached hydrogens (tertiary/aromatic N) is 1. The molecule has 1 fully saturated rings. The van der Waals surface area contributed by atoms with Gasteiger partial charge in [0.05, 0.1) is 11.3 Å². The molecule has 0 aliphatic carbocycles. The molecule has 8 heteroatoms. The van der Waals surface area contributed by atoms with E-state index in [1.165, 1.54) is 18.4 Å². The standard InChI is InChI=1S/C16H23FN2O4S/c1-24(21,22)11-12-3-2-7-19(10-12)16(20)14-9-13(17)4-5-15(14)23-8-6-18/h4-5,9,12H,2-3,6-8,10-11,18H2,1H3/t12-/m1/s1. The number of halogens is 1. The number of nitrogens with two attached hydrogens (primary N) is 1. The van der Waals surface area contributed by atoms with Gasteiger partial charge < -0.3 is 15.4 Å². The third-order valence-electron chi connectivity index (χ3n) is 3.89. The van der Waals surface area contributed by atoms with Gasteiger partial charge in [-0.05, 0) is 37.0 Å². The molecule has 1 saturated heterocycles. The fourth-order valence-corrected chi connectivity index (χ4v) is 4.08. The highest BCUT2D eigenvalue weighted by Gasteiger charge is 2.28. The summed E-state index contributed by atoms with van der Waals surface area (Å²) in [6, 6.07) is 3.79. The third kappa shape index (κ3) is 5.17. The molecule has 1 aliphatic rings. The van der Waals surface area contributed by atoms with Gasteiger partial charge in [-0.3, -0.25) is 4.79 Å². The first-order chi connectivity index (χ1) is 11.3. The van der Waals surface area contributed by atoms with Gasteiger partial charge in [0, 0.05) is 25.9 Å². The summed E-state index contributed by atoms with van der Waals surface area (Å²) < 4.78 is 41.9. The Morgan fingerprint density at radius 2 is 2.21 bits per heavy atom. The predicted octanol–water partition coefficient (Wildman–Crippen LogP) is 1.06. The second-order valence-corrected chi connectivity index (χ2v) is 8.31. The minimum atomic E-state index is -3.10. The lowest BCUT2D eigenvalue weighted by molar-refractivity contribution is 0.0679. The molecule has 0 bridgehead atoms. The molecule has 0 spiro atoms. The van der Waals surface area contributed by atoms with Crippen LogP contribution in [0.5, 0.6) is 5.75 Å². The zero-order valence-corrected chi connectivity index (χ0v) is 14.5. The van der Waals surface area contributed by atoms with Crippen molar-refractivity contribution in [2.24, 2.45) is 11.7 Å². The molecule has 1 aliphatic heterocycles. The van der Waals surface area contributed by atoms with E-state index in [0.29, 0.717) is 13.1 Å². The van der Waals surface area contributed by atoms with Crippen molar-refractivity contribution in [2.45, 2.75) is 12.8 Å². The molecular weight excluding hydrogens is 335 g/mol. The number of ether oxygens (including phenoxy) is 1. The van der Waals surface area contributed by atoms with Crippen LogP contribution in [0.15, 0.2) is 18.2 Å². The molecule has 1 amide bonds. The largest absolute Gasteiger partial charge is 0.491 e. The first-order valence-corrected chi connectivity index (χ1v) is 9.95. The molecule has 0 radical (unpaired) electrons. The molecule has 1 aromatic carbocycles. The zero-order chi connectivity index (χ0) is 17.7. The monoisotopic (exact) mass is 358 g/mol. The number of amides is 1. The maximum atomic E-state index is 13.6. The van der Waals surface area contributed by atoms with Gasteiger partial charge in [-0.25, -0.2) is 12.8 Å². The summed E-state index contributed by atoms with van der Waals surface area (Å²) in [7, 11) is -3.10. The molecule has 134 valence electrons. The minimum Gasteiger partial charge on any atom is -0.491 e. The summed E-state index contributed by atoms with van der Waals surface area (Å²) in [4.78, 5) is 14.3. The number of likely N-dealkylation sites (tertiary alicyclic amines) is 1. The quantitative estimate of drug-likeness (QED) is 0.821. The summed E-state index contributed by atoms with van der Waals surface area (Å²) in [6.45, 7) is 1.37. The zero-order valence-electron chi connectivity index (χ0n) is 13.7. The van der Waals surface area contributed by atoms with Crippen LogP contribution in [0.25, 0.3) is 0 Å². The van der Waals surface area contributed by atoms with E-state index in [0.717, 1.165) is 18.9 Å². The normalized spacial score (nSPS) is 18.5. The molecule has 1 aromatic rings. The highest BCUT2D eigenvalue weighted by atomic mass is 32.2. The van der Waals surface area contributed by atoms with E-state index in [1.807, 2.05) is 0 Å². The molecule has 1 atom stereocenters. The van der Waals surface area contributed by atoms with Crippen LogP contribution in [-0.2, 0) is 9.84 Å². The van der Waals surface area contributed by atoms with Crippen LogP contribution in [0.3, 0.4) is 0 Å². The van der Waals surface area contributed by atoms with Crippen molar-refractivity contribution >= 4 is 15.7 Å². The number of rotatable bonds is 6. The van der Waals surface area contributed by atoms with Gasteiger partial charge in [0.2, 0.25) is 0 Å². The molecule has 2 N–H and O–H groups in total. The molecule has 0 aromatic heterocycles. The lowest BCUT2D eigenvalue weighted by Gasteiger charge is -2.32. The Balaban J connectivity index is 2.17. The molecular formula is C16H23FN2O4S. The van der Waals surface area contributed by atoms with Crippen LogP contribution in [-0.4, -0.2) is 57.5 Å². The summed E-state index contributed by atoms with van der Waals surface area (Å²) in [5, 5.41) is 0. The third-order valence-corrected chi connectivity index (χ3v) is 4.97. The van der Waals surface area contributed by atoms with Crippen LogP contribution >= 0.6 is 0 Å². The van der Waals surface area contributed by atoms with E-state index >= 15 is 0 Å². The van der Waals surface area contributed by atoms with Gasteiger partial charge in [-0.1, -0.05) is 0 Å². The van der Waals surface area contributed by atoms with Crippen molar-refractivity contribution in [3.63, 3.8) is 0 Å². The van der Waals surface area contributed by atoms with E-state index < -0.39 is 15.7 Å². The van der Waals surface area contributed by atoms with Crippen LogP contribution in [0, 0.1) is 11.7 Å². The predicted molar refractivity (Wildman–Crippen MR) is 89.3 cm³/mol. The number of carbonyl (C=O) groups excluding carboxylic acids is 1. The van der Waals surface area contributed by atoms with E-state index in [-0.39, 0.29) is 42.0 Å². The fraction of sp³-hybridized carbons (Fsp3) is 0.562. The summed E-state index contributed by atoms with van der Waals surface area (Å²) in [5.74, 6) is -0.629. The first-order valence-electron chi connectivity index (χ1n) is 7.89. The summed E-state index contributed by atoms with van der Waals surface area (Å²) in [6.07, 6.45) is 2.68. The van der Waals surface area contributed by atoms with E-state index in [2.05, 4.69) is 0 Å². The second-order valence-electron chi connectivity index (χ2n) is 6.13. The maximum absolute atomic E-state index is 13.6. The van der Waals surface area contributed by atoms with Gasteiger partial charge in [0.25, 0.3) is 5.91 Å².